The van der Waals surface area contributed by atoms with Crippen LogP contribution in [0.2, 0.25) is 0 Å². The molecule has 0 aromatic heterocycles. The summed E-state index contributed by atoms with van der Waals surface area (Å²) < 4.78 is 18.9. The van der Waals surface area contributed by atoms with Gasteiger partial charge < -0.3 is 15.8 Å². The van der Waals surface area contributed by atoms with Crippen LogP contribution in [-0.4, -0.2) is 18.1 Å². The normalized spacial score (nSPS) is 15.1. The van der Waals surface area contributed by atoms with E-state index in [0.717, 1.165) is 12.8 Å². The van der Waals surface area contributed by atoms with Crippen molar-refractivity contribution in [2.75, 3.05) is 0 Å². The maximum atomic E-state index is 13.3. The molecule has 0 aliphatic rings. The van der Waals surface area contributed by atoms with Gasteiger partial charge in [-0.05, 0) is 45.4 Å². The van der Waals surface area contributed by atoms with Gasteiger partial charge in [-0.15, -0.1) is 0 Å². The Hall–Kier alpha value is -1.62. The molecule has 4 nitrogen and oxygen atoms in total. The van der Waals surface area contributed by atoms with E-state index in [1.54, 1.807) is 13.8 Å². The molecule has 0 heterocycles. The van der Waals surface area contributed by atoms with Crippen LogP contribution in [0.1, 0.15) is 52.1 Å². The van der Waals surface area contributed by atoms with Crippen molar-refractivity contribution in [2.24, 2.45) is 5.73 Å². The maximum absolute atomic E-state index is 13.3. The van der Waals surface area contributed by atoms with Crippen LogP contribution < -0.4 is 15.8 Å². The third-order valence-corrected chi connectivity index (χ3v) is 3.25. The number of amides is 1. The lowest BCUT2D eigenvalue weighted by molar-refractivity contribution is -0.127. The summed E-state index contributed by atoms with van der Waals surface area (Å²) in [7, 11) is 0. The van der Waals surface area contributed by atoms with Crippen molar-refractivity contribution >= 4 is 5.91 Å². The number of carbonyl (C=O) groups excluding carboxylic acids is 1. The molecule has 1 aromatic carbocycles. The highest BCUT2D eigenvalue weighted by Gasteiger charge is 2.19. The van der Waals surface area contributed by atoms with Gasteiger partial charge >= 0.3 is 0 Å². The van der Waals surface area contributed by atoms with Crippen molar-refractivity contribution in [1.29, 1.82) is 0 Å². The third kappa shape index (κ3) is 5.34. The van der Waals surface area contributed by atoms with E-state index in [2.05, 4.69) is 12.2 Å². The number of nitrogens with two attached hydrogens (primary N) is 1. The molecule has 1 aromatic rings. The highest BCUT2D eigenvalue weighted by atomic mass is 19.1. The van der Waals surface area contributed by atoms with E-state index < -0.39 is 6.10 Å². The second kappa shape index (κ2) is 7.98. The second-order valence-electron chi connectivity index (χ2n) is 5.43. The zero-order valence-corrected chi connectivity index (χ0v) is 13.2. The summed E-state index contributed by atoms with van der Waals surface area (Å²) in [5.41, 5.74) is 6.36. The zero-order valence-electron chi connectivity index (χ0n) is 13.2. The van der Waals surface area contributed by atoms with Crippen molar-refractivity contribution in [1.82, 2.24) is 5.32 Å². The Bertz CT molecular complexity index is 477. The molecule has 1 amide bonds. The molecule has 2 unspecified atom stereocenters. The summed E-state index contributed by atoms with van der Waals surface area (Å²) in [5, 5.41) is 2.89. The molecule has 3 atom stereocenters. The summed E-state index contributed by atoms with van der Waals surface area (Å²) >= 11 is 0. The standard InChI is InChI=1S/C16H25FN2O2/c1-5-6-10(2)19-16(20)12(4)21-15-8-7-13(17)9-14(15)11(3)18/h7-12H,5-6,18H2,1-4H3,(H,19,20)/t10?,11-,12?/m0/s1. The van der Waals surface area contributed by atoms with Gasteiger partial charge in [0.25, 0.3) is 5.91 Å². The summed E-state index contributed by atoms with van der Waals surface area (Å²) in [6.45, 7) is 7.44. The van der Waals surface area contributed by atoms with Gasteiger partial charge in [-0.2, -0.15) is 0 Å². The van der Waals surface area contributed by atoms with E-state index >= 15 is 0 Å². The first kappa shape index (κ1) is 17.4. The van der Waals surface area contributed by atoms with Crippen molar-refractivity contribution < 1.29 is 13.9 Å². The fraction of sp³-hybridized carbons (Fsp3) is 0.562. The Morgan fingerprint density at radius 1 is 1.38 bits per heavy atom. The minimum atomic E-state index is -0.660. The highest BCUT2D eigenvalue weighted by Crippen LogP contribution is 2.25. The van der Waals surface area contributed by atoms with Crippen molar-refractivity contribution in [3.63, 3.8) is 0 Å². The first-order chi connectivity index (χ1) is 9.85. The number of hydrogen-bond acceptors (Lipinski definition) is 3. The monoisotopic (exact) mass is 296 g/mol. The minimum Gasteiger partial charge on any atom is -0.481 e. The summed E-state index contributed by atoms with van der Waals surface area (Å²) in [6.07, 6.45) is 1.26. The number of hydrogen-bond donors (Lipinski definition) is 2. The predicted octanol–water partition coefficient (Wildman–Crippen LogP) is 2.92. The number of nitrogens with one attached hydrogen (secondary N) is 1. The van der Waals surface area contributed by atoms with E-state index in [1.807, 2.05) is 6.92 Å². The quantitative estimate of drug-likeness (QED) is 0.813. The van der Waals surface area contributed by atoms with Crippen LogP contribution in [0.5, 0.6) is 5.75 Å². The molecule has 0 saturated carbocycles. The third-order valence-electron chi connectivity index (χ3n) is 3.25. The molecule has 0 aliphatic heterocycles. The lowest BCUT2D eigenvalue weighted by Gasteiger charge is -2.20. The maximum Gasteiger partial charge on any atom is 0.260 e. The van der Waals surface area contributed by atoms with Gasteiger partial charge in [-0.1, -0.05) is 13.3 Å². The molecule has 1 rings (SSSR count). The molecule has 0 radical (unpaired) electrons. The van der Waals surface area contributed by atoms with Crippen LogP contribution in [0.15, 0.2) is 18.2 Å². The molecule has 3 N–H and O–H groups in total. The van der Waals surface area contributed by atoms with E-state index in [9.17, 15) is 9.18 Å². The van der Waals surface area contributed by atoms with Gasteiger partial charge in [-0.25, -0.2) is 4.39 Å². The Kier molecular flexibility index (Phi) is 6.62. The largest absolute Gasteiger partial charge is 0.481 e. The topological polar surface area (TPSA) is 64.3 Å². The van der Waals surface area contributed by atoms with E-state index in [1.165, 1.54) is 18.2 Å². The van der Waals surface area contributed by atoms with Crippen LogP contribution in [0.25, 0.3) is 0 Å². The number of rotatable bonds is 7. The van der Waals surface area contributed by atoms with Crippen LogP contribution in [0.4, 0.5) is 4.39 Å². The van der Waals surface area contributed by atoms with Gasteiger partial charge in [0.15, 0.2) is 6.10 Å². The van der Waals surface area contributed by atoms with Crippen LogP contribution >= 0.6 is 0 Å². The van der Waals surface area contributed by atoms with E-state index in [-0.39, 0.29) is 23.8 Å². The van der Waals surface area contributed by atoms with Crippen molar-refractivity contribution in [3.05, 3.63) is 29.6 Å². The predicted molar refractivity (Wildman–Crippen MR) is 81.6 cm³/mol. The smallest absolute Gasteiger partial charge is 0.260 e. The average molecular weight is 296 g/mol. The van der Waals surface area contributed by atoms with Crippen LogP contribution in [0.3, 0.4) is 0 Å². The van der Waals surface area contributed by atoms with Gasteiger partial charge in [0.1, 0.15) is 11.6 Å². The summed E-state index contributed by atoms with van der Waals surface area (Å²) in [5.74, 6) is -0.114. The lowest BCUT2D eigenvalue weighted by Crippen LogP contribution is -2.41. The van der Waals surface area contributed by atoms with Crippen molar-refractivity contribution in [3.8, 4) is 5.75 Å². The Balaban J connectivity index is 2.74. The Morgan fingerprint density at radius 2 is 2.05 bits per heavy atom. The number of ether oxygens (including phenoxy) is 1. The fourth-order valence-electron chi connectivity index (χ4n) is 2.09. The van der Waals surface area contributed by atoms with Crippen LogP contribution in [0, 0.1) is 5.82 Å². The van der Waals surface area contributed by atoms with Crippen LogP contribution in [-0.2, 0) is 4.79 Å². The van der Waals surface area contributed by atoms with Gasteiger partial charge in [0.05, 0.1) is 0 Å². The molecule has 0 fully saturated rings. The first-order valence-electron chi connectivity index (χ1n) is 7.37. The molecule has 0 bridgehead atoms. The zero-order chi connectivity index (χ0) is 16.0. The second-order valence-corrected chi connectivity index (χ2v) is 5.43. The number of halogens is 1. The fourth-order valence-corrected chi connectivity index (χ4v) is 2.09. The Labute approximate surface area is 125 Å². The molecule has 118 valence electrons. The summed E-state index contributed by atoms with van der Waals surface area (Å²) in [6, 6.07) is 3.88. The van der Waals surface area contributed by atoms with E-state index in [0.29, 0.717) is 11.3 Å². The lowest BCUT2D eigenvalue weighted by atomic mass is 10.1. The van der Waals surface area contributed by atoms with Gasteiger partial charge in [0, 0.05) is 17.6 Å². The minimum absolute atomic E-state index is 0.106. The van der Waals surface area contributed by atoms with Gasteiger partial charge in [-0.3, -0.25) is 4.79 Å². The molecule has 5 heteroatoms. The molecule has 0 saturated heterocycles. The first-order valence-corrected chi connectivity index (χ1v) is 7.37. The highest BCUT2D eigenvalue weighted by molar-refractivity contribution is 5.81. The van der Waals surface area contributed by atoms with Crippen molar-refractivity contribution in [2.45, 2.75) is 58.7 Å². The molecular weight excluding hydrogens is 271 g/mol. The average Bonchev–Trinajstić information content (AvgIpc) is 2.40. The molecular formula is C16H25FN2O2. The SMILES string of the molecule is CCCC(C)NC(=O)C(C)Oc1ccc(F)cc1[C@H](C)N. The molecule has 21 heavy (non-hydrogen) atoms. The molecule has 0 spiro atoms. The van der Waals surface area contributed by atoms with Gasteiger partial charge in [0.2, 0.25) is 0 Å². The summed E-state index contributed by atoms with van der Waals surface area (Å²) in [4.78, 5) is 12.0. The van der Waals surface area contributed by atoms with E-state index in [4.69, 9.17) is 10.5 Å². The Morgan fingerprint density at radius 3 is 2.62 bits per heavy atom. The molecule has 0 aliphatic carbocycles. The number of benzene rings is 1. The number of carbonyl (C=O) groups is 1.